The minimum absolute atomic E-state index is 0.00428. The lowest BCUT2D eigenvalue weighted by Gasteiger charge is -2.35. The van der Waals surface area contributed by atoms with Gasteiger partial charge in [-0.2, -0.15) is 0 Å². The Balaban J connectivity index is 1.39. The number of aryl methyl sites for hydroxylation is 1. The Labute approximate surface area is 191 Å². The monoisotopic (exact) mass is 450 g/mol. The number of nitrogens with zero attached hydrogens (tertiary/aromatic N) is 5. The molecule has 0 bridgehead atoms. The Morgan fingerprint density at radius 1 is 1.12 bits per heavy atom. The van der Waals surface area contributed by atoms with Crippen LogP contribution in [0.2, 0.25) is 0 Å². The third-order valence-electron chi connectivity index (χ3n) is 5.78. The highest BCUT2D eigenvalue weighted by molar-refractivity contribution is 5.92. The molecular formula is C24H27FN6O2. The van der Waals surface area contributed by atoms with Gasteiger partial charge in [-0.15, -0.1) is 10.2 Å². The van der Waals surface area contributed by atoms with Crippen molar-refractivity contribution in [2.24, 2.45) is 5.73 Å². The fourth-order valence-corrected chi connectivity index (χ4v) is 4.10. The number of pyridine rings is 1. The molecule has 0 radical (unpaired) electrons. The third-order valence-corrected chi connectivity index (χ3v) is 5.78. The molecule has 0 unspecified atom stereocenters. The molecule has 4 rings (SSSR count). The van der Waals surface area contributed by atoms with E-state index < -0.39 is 5.91 Å². The van der Waals surface area contributed by atoms with Gasteiger partial charge in [0.2, 0.25) is 0 Å². The zero-order chi connectivity index (χ0) is 23.4. The molecule has 1 amide bonds. The SMILES string of the molecule is CCCc1cc(N2CCN(Cc3ccc(-c4cncc(O)c4)c(F)c3)CC2)nnc1C(N)=O. The summed E-state index contributed by atoms with van der Waals surface area (Å²) >= 11 is 0. The number of hydrogen-bond acceptors (Lipinski definition) is 7. The molecule has 1 saturated heterocycles. The molecule has 3 heterocycles. The van der Waals surface area contributed by atoms with Gasteiger partial charge in [0.1, 0.15) is 11.6 Å². The number of aromatic hydroxyl groups is 1. The van der Waals surface area contributed by atoms with Gasteiger partial charge in [-0.1, -0.05) is 25.5 Å². The Morgan fingerprint density at radius 3 is 2.58 bits per heavy atom. The van der Waals surface area contributed by atoms with Gasteiger partial charge in [-0.05, 0) is 35.7 Å². The molecule has 0 spiro atoms. The van der Waals surface area contributed by atoms with E-state index >= 15 is 0 Å². The minimum atomic E-state index is -0.555. The molecule has 172 valence electrons. The second-order valence-electron chi connectivity index (χ2n) is 8.20. The van der Waals surface area contributed by atoms with E-state index in [-0.39, 0.29) is 17.3 Å². The maximum atomic E-state index is 14.7. The van der Waals surface area contributed by atoms with Crippen LogP contribution in [-0.2, 0) is 13.0 Å². The van der Waals surface area contributed by atoms with Crippen LogP contribution in [0.4, 0.5) is 10.2 Å². The van der Waals surface area contributed by atoms with Crippen LogP contribution >= 0.6 is 0 Å². The van der Waals surface area contributed by atoms with Gasteiger partial charge >= 0.3 is 0 Å². The number of carbonyl (C=O) groups excluding carboxylic acids is 1. The molecule has 3 N–H and O–H groups in total. The van der Waals surface area contributed by atoms with Gasteiger partial charge < -0.3 is 15.7 Å². The third kappa shape index (κ3) is 5.25. The Hall–Kier alpha value is -3.59. The summed E-state index contributed by atoms with van der Waals surface area (Å²) < 4.78 is 14.7. The molecule has 2 aromatic heterocycles. The van der Waals surface area contributed by atoms with E-state index in [4.69, 9.17) is 5.73 Å². The highest BCUT2D eigenvalue weighted by Gasteiger charge is 2.21. The molecule has 0 saturated carbocycles. The van der Waals surface area contributed by atoms with Gasteiger partial charge in [0.15, 0.2) is 11.5 Å². The van der Waals surface area contributed by atoms with E-state index in [9.17, 15) is 14.3 Å². The van der Waals surface area contributed by atoms with Gasteiger partial charge in [0.25, 0.3) is 5.91 Å². The highest BCUT2D eigenvalue weighted by atomic mass is 19.1. The first-order chi connectivity index (χ1) is 15.9. The Bertz CT molecular complexity index is 1150. The lowest BCUT2D eigenvalue weighted by molar-refractivity contribution is 0.0993. The first kappa shape index (κ1) is 22.6. The lowest BCUT2D eigenvalue weighted by Crippen LogP contribution is -2.46. The average molecular weight is 451 g/mol. The Kier molecular flexibility index (Phi) is 6.79. The molecular weight excluding hydrogens is 423 g/mol. The number of nitrogens with two attached hydrogens (primary N) is 1. The summed E-state index contributed by atoms with van der Waals surface area (Å²) in [5, 5.41) is 17.9. The van der Waals surface area contributed by atoms with Crippen LogP contribution in [0.15, 0.2) is 42.7 Å². The number of piperazine rings is 1. The molecule has 1 aliphatic rings. The van der Waals surface area contributed by atoms with Crippen LogP contribution in [0, 0.1) is 5.82 Å². The van der Waals surface area contributed by atoms with Gasteiger partial charge in [-0.3, -0.25) is 14.7 Å². The predicted molar refractivity (Wildman–Crippen MR) is 123 cm³/mol. The number of hydrogen-bond donors (Lipinski definition) is 2. The van der Waals surface area contributed by atoms with Crippen molar-refractivity contribution in [2.75, 3.05) is 31.1 Å². The van der Waals surface area contributed by atoms with Crippen molar-refractivity contribution in [3.05, 3.63) is 65.4 Å². The maximum absolute atomic E-state index is 14.7. The molecule has 1 aromatic carbocycles. The van der Waals surface area contributed by atoms with Crippen molar-refractivity contribution in [3.63, 3.8) is 0 Å². The molecule has 0 aliphatic carbocycles. The fourth-order valence-electron chi connectivity index (χ4n) is 4.10. The number of primary amides is 1. The summed E-state index contributed by atoms with van der Waals surface area (Å²) in [6.07, 6.45) is 4.46. The topological polar surface area (TPSA) is 108 Å². The highest BCUT2D eigenvalue weighted by Crippen LogP contribution is 2.26. The number of halogens is 1. The van der Waals surface area contributed by atoms with Gasteiger partial charge in [-0.25, -0.2) is 4.39 Å². The van der Waals surface area contributed by atoms with Crippen molar-refractivity contribution in [1.82, 2.24) is 20.1 Å². The summed E-state index contributed by atoms with van der Waals surface area (Å²) in [5.74, 6) is -0.143. The van der Waals surface area contributed by atoms with Crippen LogP contribution in [0.1, 0.15) is 35.0 Å². The predicted octanol–water partition coefficient (Wildman–Crippen LogP) is 2.76. The van der Waals surface area contributed by atoms with Crippen molar-refractivity contribution < 1.29 is 14.3 Å². The number of amides is 1. The number of rotatable bonds is 7. The largest absolute Gasteiger partial charge is 0.506 e. The van der Waals surface area contributed by atoms with Crippen molar-refractivity contribution >= 4 is 11.7 Å². The van der Waals surface area contributed by atoms with E-state index in [0.717, 1.165) is 56.0 Å². The first-order valence-corrected chi connectivity index (χ1v) is 11.0. The number of carbonyl (C=O) groups is 1. The average Bonchev–Trinajstić information content (AvgIpc) is 2.80. The number of benzene rings is 1. The minimum Gasteiger partial charge on any atom is -0.506 e. The van der Waals surface area contributed by atoms with Crippen molar-refractivity contribution in [1.29, 1.82) is 0 Å². The number of anilines is 1. The zero-order valence-electron chi connectivity index (χ0n) is 18.5. The summed E-state index contributed by atoms with van der Waals surface area (Å²) in [7, 11) is 0. The zero-order valence-corrected chi connectivity index (χ0v) is 18.5. The van der Waals surface area contributed by atoms with Crippen molar-refractivity contribution in [3.8, 4) is 16.9 Å². The maximum Gasteiger partial charge on any atom is 0.269 e. The van der Waals surface area contributed by atoms with Gasteiger partial charge in [0.05, 0.1) is 6.20 Å². The summed E-state index contributed by atoms with van der Waals surface area (Å²) in [4.78, 5) is 19.9. The summed E-state index contributed by atoms with van der Waals surface area (Å²) in [6.45, 7) is 5.78. The second kappa shape index (κ2) is 9.91. The number of aromatic nitrogens is 3. The van der Waals surface area contributed by atoms with Crippen molar-refractivity contribution in [2.45, 2.75) is 26.3 Å². The molecule has 1 aliphatic heterocycles. The van der Waals surface area contributed by atoms with Gasteiger partial charge in [0, 0.05) is 50.0 Å². The normalized spacial score (nSPS) is 14.4. The Morgan fingerprint density at radius 2 is 1.91 bits per heavy atom. The fraction of sp³-hybridized carbons (Fsp3) is 0.333. The van der Waals surface area contributed by atoms with E-state index in [1.807, 2.05) is 19.1 Å². The lowest BCUT2D eigenvalue weighted by atomic mass is 10.0. The van der Waals surface area contributed by atoms with Crippen LogP contribution in [0.3, 0.4) is 0 Å². The standard InChI is InChI=1S/C24H27FN6O2/c1-2-3-17-12-22(28-29-23(17)24(26)33)31-8-6-30(7-9-31)15-16-4-5-20(21(25)10-16)18-11-19(32)14-27-13-18/h4-5,10-14,32H,2-3,6-9,15H2,1H3,(H2,26,33). The van der Waals surface area contributed by atoms with E-state index in [1.165, 1.54) is 24.5 Å². The van der Waals surface area contributed by atoms with Crippen LogP contribution in [0.5, 0.6) is 5.75 Å². The molecule has 9 heteroatoms. The molecule has 3 aromatic rings. The van der Waals surface area contributed by atoms with Crippen LogP contribution < -0.4 is 10.6 Å². The van der Waals surface area contributed by atoms with E-state index in [1.54, 1.807) is 6.07 Å². The quantitative estimate of drug-likeness (QED) is 0.570. The van der Waals surface area contributed by atoms with Crippen LogP contribution in [-0.4, -0.2) is 57.3 Å². The van der Waals surface area contributed by atoms with E-state index in [0.29, 0.717) is 17.7 Å². The second-order valence-corrected chi connectivity index (χ2v) is 8.20. The molecule has 0 atom stereocenters. The molecule has 33 heavy (non-hydrogen) atoms. The summed E-state index contributed by atoms with van der Waals surface area (Å²) in [5.41, 5.74) is 8.33. The smallest absolute Gasteiger partial charge is 0.269 e. The first-order valence-electron chi connectivity index (χ1n) is 11.0. The van der Waals surface area contributed by atoms with E-state index in [2.05, 4.69) is 25.0 Å². The van der Waals surface area contributed by atoms with Crippen LogP contribution in [0.25, 0.3) is 11.1 Å². The molecule has 1 fully saturated rings. The molecule has 8 nitrogen and oxygen atoms in total. The summed E-state index contributed by atoms with van der Waals surface area (Å²) in [6, 6.07) is 8.57.